The molecule has 0 spiro atoms. The van der Waals surface area contributed by atoms with E-state index in [1.807, 2.05) is 67.6 Å². The molecule has 7 nitrogen and oxygen atoms in total. The summed E-state index contributed by atoms with van der Waals surface area (Å²) in [5.74, 6) is -0.199. The minimum absolute atomic E-state index is 0.00983. The molecule has 0 aliphatic carbocycles. The molecule has 0 aliphatic rings. The number of rotatable bonds is 8. The number of nitrogens with zero attached hydrogens (tertiary/aromatic N) is 1. The summed E-state index contributed by atoms with van der Waals surface area (Å²) in [6.07, 6.45) is 0.577. The van der Waals surface area contributed by atoms with Crippen LogP contribution >= 0.6 is 11.8 Å². The molecule has 0 bridgehead atoms. The summed E-state index contributed by atoms with van der Waals surface area (Å²) in [4.78, 5) is 21.2. The van der Waals surface area contributed by atoms with Crippen LogP contribution < -0.4 is 10.5 Å². The number of H-pyrrole nitrogens is 1. The van der Waals surface area contributed by atoms with Gasteiger partial charge in [0, 0.05) is 16.8 Å². The number of aromatic nitrogens is 2. The number of primary sulfonamides is 1. The topological polar surface area (TPSA) is 118 Å². The first-order chi connectivity index (χ1) is 16.3. The summed E-state index contributed by atoms with van der Waals surface area (Å²) in [5, 5.41) is 8.21. The fourth-order valence-corrected chi connectivity index (χ4v) is 4.86. The van der Waals surface area contributed by atoms with Gasteiger partial charge in [-0.25, -0.2) is 18.5 Å². The smallest absolute Gasteiger partial charge is 0.238 e. The maximum atomic E-state index is 12.9. The first-order valence-electron chi connectivity index (χ1n) is 10.7. The van der Waals surface area contributed by atoms with Crippen molar-refractivity contribution < 1.29 is 13.2 Å². The molecule has 1 heterocycles. The van der Waals surface area contributed by atoms with Gasteiger partial charge in [0.15, 0.2) is 5.16 Å². The molecule has 0 aliphatic heterocycles. The largest absolute Gasteiger partial charge is 0.332 e. The summed E-state index contributed by atoms with van der Waals surface area (Å²) in [6.45, 7) is 1.93. The van der Waals surface area contributed by atoms with Crippen molar-refractivity contribution in [2.75, 3.05) is 5.32 Å². The van der Waals surface area contributed by atoms with Crippen molar-refractivity contribution in [3.05, 3.63) is 84.9 Å². The molecule has 3 aromatic carbocycles. The number of nitrogens with two attached hydrogens (primary N) is 1. The van der Waals surface area contributed by atoms with Gasteiger partial charge in [0.1, 0.15) is 0 Å². The van der Waals surface area contributed by atoms with E-state index in [1.165, 1.54) is 36.0 Å². The Bertz CT molecular complexity index is 1310. The number of benzene rings is 3. The van der Waals surface area contributed by atoms with Crippen molar-refractivity contribution in [3.63, 3.8) is 0 Å². The van der Waals surface area contributed by atoms with E-state index < -0.39 is 15.3 Å². The van der Waals surface area contributed by atoms with Gasteiger partial charge < -0.3 is 10.3 Å². The van der Waals surface area contributed by atoms with E-state index in [2.05, 4.69) is 10.3 Å². The van der Waals surface area contributed by atoms with Crippen LogP contribution in [0.15, 0.2) is 95.0 Å². The molecular weight excluding hydrogens is 468 g/mol. The standard InChI is InChI=1S/C25H24N4O3S2/c1-2-21(24(30)27-19-13-15-20(16-14-19)34(26,31)32)33-25-28-22(17-9-5-3-6-10-17)23(29-25)18-11-7-4-8-12-18/h3-16,21H,2H2,1H3,(H,27,30)(H,28,29)(H2,26,31,32). The predicted octanol–water partition coefficient (Wildman–Crippen LogP) is 4.90. The Morgan fingerprint density at radius 2 is 1.56 bits per heavy atom. The van der Waals surface area contributed by atoms with Crippen LogP contribution in [0.1, 0.15) is 13.3 Å². The summed E-state index contributed by atoms with van der Waals surface area (Å²) in [6, 6.07) is 25.6. The number of hydrogen-bond acceptors (Lipinski definition) is 5. The maximum Gasteiger partial charge on any atom is 0.238 e. The van der Waals surface area contributed by atoms with Crippen LogP contribution in [0.25, 0.3) is 22.5 Å². The van der Waals surface area contributed by atoms with Crippen molar-refractivity contribution in [1.82, 2.24) is 9.97 Å². The Kier molecular flexibility index (Phi) is 7.16. The summed E-state index contributed by atoms with van der Waals surface area (Å²) < 4.78 is 22.9. The molecule has 0 saturated carbocycles. The van der Waals surface area contributed by atoms with Gasteiger partial charge >= 0.3 is 0 Å². The number of aromatic amines is 1. The third kappa shape index (κ3) is 5.56. The molecule has 174 valence electrons. The van der Waals surface area contributed by atoms with Crippen LogP contribution in [-0.4, -0.2) is 29.5 Å². The normalized spacial score (nSPS) is 12.3. The van der Waals surface area contributed by atoms with Gasteiger partial charge in [0.2, 0.25) is 15.9 Å². The van der Waals surface area contributed by atoms with E-state index in [-0.39, 0.29) is 10.8 Å². The highest BCUT2D eigenvalue weighted by Crippen LogP contribution is 2.34. The second-order valence-corrected chi connectivity index (χ2v) is 10.3. The number of hydrogen-bond donors (Lipinski definition) is 3. The number of carbonyl (C=O) groups is 1. The Labute approximate surface area is 202 Å². The number of anilines is 1. The third-order valence-corrected chi connectivity index (χ3v) is 7.34. The van der Waals surface area contributed by atoms with Gasteiger partial charge in [-0.05, 0) is 30.7 Å². The van der Waals surface area contributed by atoms with E-state index in [9.17, 15) is 13.2 Å². The monoisotopic (exact) mass is 492 g/mol. The van der Waals surface area contributed by atoms with Gasteiger partial charge in [-0.3, -0.25) is 4.79 Å². The molecule has 1 atom stereocenters. The molecule has 1 aromatic heterocycles. The van der Waals surface area contributed by atoms with Crippen LogP contribution in [0.2, 0.25) is 0 Å². The molecule has 0 radical (unpaired) electrons. The van der Waals surface area contributed by atoms with Gasteiger partial charge in [-0.15, -0.1) is 0 Å². The third-order valence-electron chi connectivity index (χ3n) is 5.16. The van der Waals surface area contributed by atoms with E-state index in [0.29, 0.717) is 17.3 Å². The van der Waals surface area contributed by atoms with Crippen LogP contribution in [0.4, 0.5) is 5.69 Å². The number of imidazole rings is 1. The van der Waals surface area contributed by atoms with E-state index >= 15 is 0 Å². The fraction of sp³-hybridized carbons (Fsp3) is 0.120. The van der Waals surface area contributed by atoms with Gasteiger partial charge in [-0.2, -0.15) is 0 Å². The zero-order valence-electron chi connectivity index (χ0n) is 18.4. The zero-order valence-corrected chi connectivity index (χ0v) is 20.1. The van der Waals surface area contributed by atoms with Crippen molar-refractivity contribution in [3.8, 4) is 22.5 Å². The molecule has 4 N–H and O–H groups in total. The number of nitrogens with one attached hydrogen (secondary N) is 2. The Morgan fingerprint density at radius 1 is 0.971 bits per heavy atom. The van der Waals surface area contributed by atoms with Crippen LogP contribution in [0, 0.1) is 0 Å². The average Bonchev–Trinajstić information content (AvgIpc) is 3.27. The van der Waals surface area contributed by atoms with Crippen molar-refractivity contribution in [2.45, 2.75) is 28.6 Å². The number of amides is 1. The second-order valence-electron chi connectivity index (χ2n) is 7.57. The fourth-order valence-electron chi connectivity index (χ4n) is 3.43. The van der Waals surface area contributed by atoms with Crippen molar-refractivity contribution in [1.29, 1.82) is 0 Å². The van der Waals surface area contributed by atoms with Crippen LogP contribution in [-0.2, 0) is 14.8 Å². The van der Waals surface area contributed by atoms with Gasteiger partial charge in [0.25, 0.3) is 0 Å². The van der Waals surface area contributed by atoms with Gasteiger partial charge in [0.05, 0.1) is 21.5 Å². The number of carbonyl (C=O) groups excluding carboxylic acids is 1. The SMILES string of the molecule is CCC(Sc1nc(-c2ccccc2)c(-c2ccccc2)[nH]1)C(=O)Nc1ccc(S(N)(=O)=O)cc1. The molecular formula is C25H24N4O3S2. The lowest BCUT2D eigenvalue weighted by Gasteiger charge is -2.13. The summed E-state index contributed by atoms with van der Waals surface area (Å²) in [5.41, 5.74) is 4.20. The predicted molar refractivity (Wildman–Crippen MR) is 136 cm³/mol. The molecule has 4 aromatic rings. The van der Waals surface area contributed by atoms with Crippen molar-refractivity contribution >= 4 is 33.4 Å². The van der Waals surface area contributed by atoms with E-state index in [4.69, 9.17) is 10.1 Å². The summed E-state index contributed by atoms with van der Waals surface area (Å²) >= 11 is 1.35. The molecule has 1 unspecified atom stereocenters. The molecule has 0 fully saturated rings. The minimum atomic E-state index is -3.79. The Hall–Kier alpha value is -3.40. The highest BCUT2D eigenvalue weighted by atomic mass is 32.2. The molecule has 4 rings (SSSR count). The molecule has 9 heteroatoms. The zero-order chi connectivity index (χ0) is 24.1. The van der Waals surface area contributed by atoms with Crippen LogP contribution in [0.5, 0.6) is 0 Å². The first-order valence-corrected chi connectivity index (χ1v) is 13.1. The summed E-state index contributed by atoms with van der Waals surface area (Å²) in [7, 11) is -3.79. The molecule has 0 saturated heterocycles. The van der Waals surface area contributed by atoms with E-state index in [1.54, 1.807) is 0 Å². The lowest BCUT2D eigenvalue weighted by molar-refractivity contribution is -0.115. The Morgan fingerprint density at radius 3 is 2.12 bits per heavy atom. The van der Waals surface area contributed by atoms with Crippen LogP contribution in [0.3, 0.4) is 0 Å². The van der Waals surface area contributed by atoms with Crippen molar-refractivity contribution in [2.24, 2.45) is 5.14 Å². The van der Waals surface area contributed by atoms with Gasteiger partial charge in [-0.1, -0.05) is 79.3 Å². The lowest BCUT2D eigenvalue weighted by Crippen LogP contribution is -2.24. The van der Waals surface area contributed by atoms with E-state index in [0.717, 1.165) is 22.5 Å². The number of sulfonamides is 1. The number of thioether (sulfide) groups is 1. The Balaban J connectivity index is 1.57. The lowest BCUT2D eigenvalue weighted by atomic mass is 10.1. The highest BCUT2D eigenvalue weighted by Gasteiger charge is 2.22. The average molecular weight is 493 g/mol. The second kappa shape index (κ2) is 10.3. The molecule has 34 heavy (non-hydrogen) atoms. The molecule has 1 amide bonds. The quantitative estimate of drug-likeness (QED) is 0.302. The highest BCUT2D eigenvalue weighted by molar-refractivity contribution is 8.00. The minimum Gasteiger partial charge on any atom is -0.332 e. The maximum absolute atomic E-state index is 12.9. The first kappa shape index (κ1) is 23.7.